The van der Waals surface area contributed by atoms with Gasteiger partial charge in [-0.2, -0.15) is 0 Å². The minimum Gasteiger partial charge on any atom is -0.459 e. The standard InChI is InChI=1S/C27H40O2/c1-13-14(2)22-12-21(13)25-18-9-17(23(10-18)26(22)25)11-24(28)29-27(3)19-5-15-4-16(7-19)8-20(27)6-15/h13-23,25-26H,4-12H2,1-3H3. The SMILES string of the molecule is CC1C(C)C2CC1C1C3CC(CC(=O)OC4(C)C5CC6CC(C5)CC4C6)C(C3)C21. The third-order valence-corrected chi connectivity index (χ3v) is 12.5. The van der Waals surface area contributed by atoms with E-state index >= 15 is 0 Å². The van der Waals surface area contributed by atoms with Crippen LogP contribution in [0.15, 0.2) is 0 Å². The lowest BCUT2D eigenvalue weighted by Gasteiger charge is -2.59. The summed E-state index contributed by atoms with van der Waals surface area (Å²) in [5, 5.41) is 0. The highest BCUT2D eigenvalue weighted by atomic mass is 16.6. The molecular weight excluding hydrogens is 356 g/mol. The number of esters is 1. The van der Waals surface area contributed by atoms with E-state index in [-0.39, 0.29) is 11.6 Å². The van der Waals surface area contributed by atoms with Crippen LogP contribution in [0.4, 0.5) is 0 Å². The van der Waals surface area contributed by atoms with Crippen molar-refractivity contribution < 1.29 is 9.53 Å². The maximum atomic E-state index is 13.2. The molecule has 0 N–H and O–H groups in total. The predicted octanol–water partition coefficient (Wildman–Crippen LogP) is 5.94. The largest absolute Gasteiger partial charge is 0.459 e. The van der Waals surface area contributed by atoms with E-state index in [0.29, 0.717) is 17.8 Å². The minimum absolute atomic E-state index is 0.138. The van der Waals surface area contributed by atoms with Crippen molar-refractivity contribution >= 4 is 5.97 Å². The number of carbonyl (C=O) groups excluding carboxylic acids is 1. The Bertz CT molecular complexity index is 698. The van der Waals surface area contributed by atoms with E-state index in [2.05, 4.69) is 20.8 Å². The summed E-state index contributed by atoms with van der Waals surface area (Å²) in [7, 11) is 0. The number of ether oxygens (including phenoxy) is 1. The summed E-state index contributed by atoms with van der Waals surface area (Å²) in [5.41, 5.74) is -0.138. The fourth-order valence-corrected chi connectivity index (χ4v) is 11.4. The van der Waals surface area contributed by atoms with Gasteiger partial charge in [0, 0.05) is 6.42 Å². The normalized spacial score (nSPS) is 63.3. The van der Waals surface area contributed by atoms with Gasteiger partial charge in [0.25, 0.3) is 0 Å². The molecule has 29 heavy (non-hydrogen) atoms. The van der Waals surface area contributed by atoms with Gasteiger partial charge in [0.15, 0.2) is 0 Å². The molecule has 8 aliphatic carbocycles. The molecule has 8 fully saturated rings. The molecule has 0 aliphatic heterocycles. The molecule has 9 unspecified atom stereocenters. The molecule has 0 aromatic carbocycles. The van der Waals surface area contributed by atoms with Crippen molar-refractivity contribution in [2.45, 2.75) is 84.2 Å². The van der Waals surface area contributed by atoms with Gasteiger partial charge in [-0.15, -0.1) is 0 Å². The van der Waals surface area contributed by atoms with Gasteiger partial charge in [-0.1, -0.05) is 13.8 Å². The van der Waals surface area contributed by atoms with Crippen LogP contribution in [0.5, 0.6) is 0 Å². The Labute approximate surface area is 176 Å². The number of hydrogen-bond acceptors (Lipinski definition) is 2. The fourth-order valence-electron chi connectivity index (χ4n) is 11.4. The van der Waals surface area contributed by atoms with E-state index in [1.165, 1.54) is 51.4 Å². The average Bonchev–Trinajstić information content (AvgIpc) is 3.39. The van der Waals surface area contributed by atoms with Gasteiger partial charge in [-0.05, 0) is 135 Å². The minimum atomic E-state index is -0.138. The Balaban J connectivity index is 1.05. The van der Waals surface area contributed by atoms with Gasteiger partial charge in [0.05, 0.1) is 0 Å². The Kier molecular flexibility index (Phi) is 3.63. The van der Waals surface area contributed by atoms with Crippen molar-refractivity contribution in [3.8, 4) is 0 Å². The highest BCUT2D eigenvalue weighted by molar-refractivity contribution is 5.70. The summed E-state index contributed by atoms with van der Waals surface area (Å²) in [5.74, 6) is 11.6. The molecule has 0 radical (unpaired) electrons. The van der Waals surface area contributed by atoms with Crippen molar-refractivity contribution in [2.75, 3.05) is 0 Å². The Morgan fingerprint density at radius 2 is 1.41 bits per heavy atom. The molecule has 0 aromatic heterocycles. The summed E-state index contributed by atoms with van der Waals surface area (Å²) >= 11 is 0. The number of fused-ring (bicyclic) bond motifs is 9. The first kappa shape index (κ1) is 18.1. The lowest BCUT2D eigenvalue weighted by molar-refractivity contribution is -0.204. The fraction of sp³-hybridized carbons (Fsp3) is 0.963. The van der Waals surface area contributed by atoms with E-state index in [1.807, 2.05) is 0 Å². The lowest BCUT2D eigenvalue weighted by Crippen LogP contribution is -2.58. The zero-order valence-electron chi connectivity index (χ0n) is 18.7. The van der Waals surface area contributed by atoms with E-state index < -0.39 is 0 Å². The molecule has 8 bridgehead atoms. The van der Waals surface area contributed by atoms with Crippen molar-refractivity contribution in [1.29, 1.82) is 0 Å². The summed E-state index contributed by atoms with van der Waals surface area (Å²) < 4.78 is 6.46. The first-order valence-corrected chi connectivity index (χ1v) is 13.1. The second-order valence-electron chi connectivity index (χ2n) is 13.3. The molecule has 2 nitrogen and oxygen atoms in total. The number of hydrogen-bond donors (Lipinski definition) is 0. The van der Waals surface area contributed by atoms with Crippen LogP contribution in [0, 0.1) is 76.9 Å². The van der Waals surface area contributed by atoms with Crippen LogP contribution in [-0.4, -0.2) is 11.6 Å². The first-order valence-electron chi connectivity index (χ1n) is 13.1. The van der Waals surface area contributed by atoms with E-state index in [0.717, 1.165) is 65.6 Å². The summed E-state index contributed by atoms with van der Waals surface area (Å²) in [4.78, 5) is 13.2. The first-order chi connectivity index (χ1) is 13.9. The molecular formula is C27H40O2. The molecule has 0 amide bonds. The van der Waals surface area contributed by atoms with Gasteiger partial charge >= 0.3 is 5.97 Å². The summed E-state index contributed by atoms with van der Waals surface area (Å²) in [6.45, 7) is 7.36. The molecule has 2 heteroatoms. The topological polar surface area (TPSA) is 26.3 Å². The third-order valence-electron chi connectivity index (χ3n) is 12.5. The maximum Gasteiger partial charge on any atom is 0.306 e. The number of rotatable bonds is 3. The lowest BCUT2D eigenvalue weighted by atomic mass is 9.50. The highest BCUT2D eigenvalue weighted by Crippen LogP contribution is 2.71. The molecule has 9 atom stereocenters. The average molecular weight is 397 g/mol. The molecule has 0 aromatic rings. The molecule has 0 heterocycles. The van der Waals surface area contributed by atoms with E-state index in [1.54, 1.807) is 0 Å². The zero-order valence-corrected chi connectivity index (χ0v) is 18.7. The van der Waals surface area contributed by atoms with Crippen molar-refractivity contribution in [2.24, 2.45) is 76.9 Å². The molecule has 8 rings (SSSR count). The number of carbonyl (C=O) groups is 1. The quantitative estimate of drug-likeness (QED) is 0.435. The summed E-state index contributed by atoms with van der Waals surface area (Å²) in [6.07, 6.45) is 11.8. The zero-order chi connectivity index (χ0) is 19.7. The molecule has 0 saturated heterocycles. The molecule has 160 valence electrons. The Hall–Kier alpha value is -0.530. The van der Waals surface area contributed by atoms with E-state index in [9.17, 15) is 4.79 Å². The van der Waals surface area contributed by atoms with Crippen molar-refractivity contribution in [3.05, 3.63) is 0 Å². The Morgan fingerprint density at radius 1 is 0.793 bits per heavy atom. The van der Waals surface area contributed by atoms with Crippen molar-refractivity contribution in [1.82, 2.24) is 0 Å². The highest BCUT2D eigenvalue weighted by Gasteiger charge is 2.66. The van der Waals surface area contributed by atoms with Crippen LogP contribution in [0.3, 0.4) is 0 Å². The van der Waals surface area contributed by atoms with Crippen LogP contribution in [0.25, 0.3) is 0 Å². The monoisotopic (exact) mass is 396 g/mol. The van der Waals surface area contributed by atoms with Crippen LogP contribution >= 0.6 is 0 Å². The van der Waals surface area contributed by atoms with Gasteiger partial charge in [0.2, 0.25) is 0 Å². The smallest absolute Gasteiger partial charge is 0.306 e. The van der Waals surface area contributed by atoms with E-state index in [4.69, 9.17) is 4.74 Å². The van der Waals surface area contributed by atoms with Crippen LogP contribution < -0.4 is 0 Å². The molecule has 8 aliphatic rings. The predicted molar refractivity (Wildman–Crippen MR) is 113 cm³/mol. The van der Waals surface area contributed by atoms with Gasteiger partial charge in [0.1, 0.15) is 5.60 Å². The van der Waals surface area contributed by atoms with Gasteiger partial charge in [-0.25, -0.2) is 0 Å². The van der Waals surface area contributed by atoms with Gasteiger partial charge < -0.3 is 4.74 Å². The van der Waals surface area contributed by atoms with Gasteiger partial charge in [-0.3, -0.25) is 4.79 Å². The maximum absolute atomic E-state index is 13.2. The van der Waals surface area contributed by atoms with Crippen LogP contribution in [0.2, 0.25) is 0 Å². The molecule has 8 saturated carbocycles. The molecule has 0 spiro atoms. The summed E-state index contributed by atoms with van der Waals surface area (Å²) in [6, 6.07) is 0. The van der Waals surface area contributed by atoms with Crippen molar-refractivity contribution in [3.63, 3.8) is 0 Å². The van der Waals surface area contributed by atoms with Crippen LogP contribution in [0.1, 0.15) is 78.6 Å². The van der Waals surface area contributed by atoms with Crippen LogP contribution in [-0.2, 0) is 9.53 Å². The Morgan fingerprint density at radius 3 is 2.07 bits per heavy atom. The second-order valence-corrected chi connectivity index (χ2v) is 13.3. The third kappa shape index (κ3) is 2.28. The second kappa shape index (κ2) is 5.83.